The maximum atomic E-state index is 5.28. The molecular formula is C12H14Br2N2O. The second-order valence-corrected chi connectivity index (χ2v) is 5.59. The average molecular weight is 362 g/mol. The first kappa shape index (κ1) is 12.9. The zero-order chi connectivity index (χ0) is 12.3. The standard InChI is InChI=1S/C12H14Br2N2O/c1-17-11-7-10(8(13)6-9(11)14)16-12-4-2-3-5-15-12/h6-7H,2-5H2,1H3,(H,15,16). The number of nitrogens with zero attached hydrogens (tertiary/aromatic N) is 1. The van der Waals surface area contributed by atoms with Gasteiger partial charge in [0.1, 0.15) is 11.6 Å². The number of rotatable bonds is 2. The molecule has 0 bridgehead atoms. The fraction of sp³-hybridized carbons (Fsp3) is 0.417. The molecule has 3 nitrogen and oxygen atoms in total. The Bertz CT molecular complexity index is 446. The first-order chi connectivity index (χ1) is 8.20. The summed E-state index contributed by atoms with van der Waals surface area (Å²) in [7, 11) is 1.66. The summed E-state index contributed by atoms with van der Waals surface area (Å²) in [5, 5.41) is 3.35. The third-order valence-corrected chi connectivity index (χ3v) is 3.92. The number of methoxy groups -OCH3 is 1. The van der Waals surface area contributed by atoms with Gasteiger partial charge >= 0.3 is 0 Å². The summed E-state index contributed by atoms with van der Waals surface area (Å²) < 4.78 is 7.21. The van der Waals surface area contributed by atoms with Crippen LogP contribution in [0.3, 0.4) is 0 Å². The fourth-order valence-corrected chi connectivity index (χ4v) is 2.99. The quantitative estimate of drug-likeness (QED) is 0.855. The van der Waals surface area contributed by atoms with Crippen LogP contribution in [0.5, 0.6) is 5.75 Å². The summed E-state index contributed by atoms with van der Waals surface area (Å²) in [6.45, 7) is 0.924. The second-order valence-electron chi connectivity index (χ2n) is 3.88. The van der Waals surface area contributed by atoms with E-state index in [9.17, 15) is 0 Å². The van der Waals surface area contributed by atoms with Crippen LogP contribution in [0.15, 0.2) is 26.1 Å². The van der Waals surface area contributed by atoms with E-state index in [2.05, 4.69) is 42.2 Å². The van der Waals surface area contributed by atoms with E-state index in [-0.39, 0.29) is 0 Å². The molecule has 0 saturated carbocycles. The summed E-state index contributed by atoms with van der Waals surface area (Å²) in [5.74, 6) is 1.87. The van der Waals surface area contributed by atoms with Gasteiger partial charge in [0.15, 0.2) is 0 Å². The minimum absolute atomic E-state index is 0.812. The zero-order valence-corrected chi connectivity index (χ0v) is 12.8. The summed E-state index contributed by atoms with van der Waals surface area (Å²) in [6.07, 6.45) is 3.41. The van der Waals surface area contributed by atoms with Crippen molar-refractivity contribution in [3.8, 4) is 5.75 Å². The van der Waals surface area contributed by atoms with Crippen molar-refractivity contribution in [3.63, 3.8) is 0 Å². The van der Waals surface area contributed by atoms with E-state index in [0.29, 0.717) is 0 Å². The van der Waals surface area contributed by atoms with Gasteiger partial charge in [0.05, 0.1) is 17.3 Å². The molecule has 1 N–H and O–H groups in total. The molecule has 1 heterocycles. The molecule has 92 valence electrons. The van der Waals surface area contributed by atoms with Crippen molar-refractivity contribution < 1.29 is 4.74 Å². The lowest BCUT2D eigenvalue weighted by Crippen LogP contribution is -2.16. The molecule has 0 spiro atoms. The average Bonchev–Trinajstić information content (AvgIpc) is 2.34. The van der Waals surface area contributed by atoms with Crippen LogP contribution >= 0.6 is 31.9 Å². The normalized spacial score (nSPS) is 15.4. The highest BCUT2D eigenvalue weighted by atomic mass is 79.9. The Balaban J connectivity index is 2.22. The van der Waals surface area contributed by atoms with E-state index in [1.807, 2.05) is 12.1 Å². The number of benzene rings is 1. The van der Waals surface area contributed by atoms with E-state index < -0.39 is 0 Å². The Hall–Kier alpha value is -0.550. The summed E-state index contributed by atoms with van der Waals surface area (Å²) in [5.41, 5.74) is 0.991. The van der Waals surface area contributed by atoms with Crippen molar-refractivity contribution in [2.24, 2.45) is 4.99 Å². The summed E-state index contributed by atoms with van der Waals surface area (Å²) in [4.78, 5) is 4.48. The molecule has 5 heteroatoms. The van der Waals surface area contributed by atoms with Gasteiger partial charge < -0.3 is 10.1 Å². The Morgan fingerprint density at radius 3 is 2.71 bits per heavy atom. The van der Waals surface area contributed by atoms with E-state index >= 15 is 0 Å². The van der Waals surface area contributed by atoms with E-state index in [1.54, 1.807) is 7.11 Å². The highest BCUT2D eigenvalue weighted by Crippen LogP contribution is 2.34. The van der Waals surface area contributed by atoms with Crippen LogP contribution in [-0.4, -0.2) is 19.5 Å². The van der Waals surface area contributed by atoms with Crippen LogP contribution in [0.1, 0.15) is 19.3 Å². The van der Waals surface area contributed by atoms with E-state index in [0.717, 1.165) is 39.2 Å². The predicted molar refractivity (Wildman–Crippen MR) is 78.2 cm³/mol. The van der Waals surface area contributed by atoms with Crippen molar-refractivity contribution in [1.29, 1.82) is 0 Å². The molecular weight excluding hydrogens is 348 g/mol. The molecule has 1 aliphatic heterocycles. The topological polar surface area (TPSA) is 33.6 Å². The molecule has 1 aliphatic rings. The van der Waals surface area contributed by atoms with Crippen LogP contribution in [0.4, 0.5) is 5.69 Å². The van der Waals surface area contributed by atoms with Gasteiger partial charge in [-0.1, -0.05) is 0 Å². The molecule has 1 aromatic carbocycles. The van der Waals surface area contributed by atoms with E-state index in [1.165, 1.54) is 12.8 Å². The summed E-state index contributed by atoms with van der Waals surface area (Å²) >= 11 is 6.99. The Kier molecular flexibility index (Phi) is 4.45. The molecule has 0 saturated heterocycles. The predicted octanol–water partition coefficient (Wildman–Crippen LogP) is 4.21. The van der Waals surface area contributed by atoms with Crippen molar-refractivity contribution in [2.45, 2.75) is 19.3 Å². The highest BCUT2D eigenvalue weighted by molar-refractivity contribution is 9.11. The van der Waals surface area contributed by atoms with Crippen LogP contribution < -0.4 is 10.1 Å². The number of ether oxygens (including phenoxy) is 1. The molecule has 1 aromatic rings. The molecule has 2 rings (SSSR count). The lowest BCUT2D eigenvalue weighted by molar-refractivity contribution is 0.412. The smallest absolute Gasteiger partial charge is 0.135 e. The highest BCUT2D eigenvalue weighted by Gasteiger charge is 2.10. The van der Waals surface area contributed by atoms with Gasteiger partial charge in [0.25, 0.3) is 0 Å². The van der Waals surface area contributed by atoms with Crippen LogP contribution in [0.2, 0.25) is 0 Å². The van der Waals surface area contributed by atoms with Gasteiger partial charge in [-0.2, -0.15) is 0 Å². The molecule has 0 unspecified atom stereocenters. The Morgan fingerprint density at radius 2 is 2.06 bits per heavy atom. The Morgan fingerprint density at radius 1 is 1.24 bits per heavy atom. The van der Waals surface area contributed by atoms with Gasteiger partial charge in [0, 0.05) is 23.5 Å². The van der Waals surface area contributed by atoms with Gasteiger partial charge in [-0.3, -0.25) is 4.99 Å². The number of hydrogen-bond donors (Lipinski definition) is 1. The molecule has 0 fully saturated rings. The van der Waals surface area contributed by atoms with Crippen molar-refractivity contribution in [3.05, 3.63) is 21.1 Å². The largest absolute Gasteiger partial charge is 0.495 e. The molecule has 0 aromatic heterocycles. The summed E-state index contributed by atoms with van der Waals surface area (Å²) in [6, 6.07) is 3.94. The third-order valence-electron chi connectivity index (χ3n) is 2.64. The van der Waals surface area contributed by atoms with Gasteiger partial charge in [-0.05, 0) is 50.8 Å². The maximum Gasteiger partial charge on any atom is 0.135 e. The lowest BCUT2D eigenvalue weighted by Gasteiger charge is -2.16. The fourth-order valence-electron chi connectivity index (χ4n) is 1.74. The van der Waals surface area contributed by atoms with Crippen molar-refractivity contribution in [1.82, 2.24) is 0 Å². The minimum atomic E-state index is 0.812. The van der Waals surface area contributed by atoms with Gasteiger partial charge in [-0.25, -0.2) is 0 Å². The number of nitrogens with one attached hydrogen (secondary N) is 1. The number of amidine groups is 1. The second kappa shape index (κ2) is 5.87. The van der Waals surface area contributed by atoms with Crippen molar-refractivity contribution in [2.75, 3.05) is 19.0 Å². The van der Waals surface area contributed by atoms with Crippen LogP contribution in [-0.2, 0) is 0 Å². The number of aliphatic imine (C=N–C) groups is 1. The molecule has 0 aliphatic carbocycles. The monoisotopic (exact) mass is 360 g/mol. The molecule has 0 atom stereocenters. The Labute approximate surface area is 118 Å². The number of halogens is 2. The van der Waals surface area contributed by atoms with Gasteiger partial charge in [-0.15, -0.1) is 0 Å². The molecule has 0 amide bonds. The number of anilines is 1. The first-order valence-electron chi connectivity index (χ1n) is 5.54. The van der Waals surface area contributed by atoms with Crippen molar-refractivity contribution >= 4 is 43.4 Å². The van der Waals surface area contributed by atoms with Crippen LogP contribution in [0, 0.1) is 0 Å². The SMILES string of the molecule is COc1cc(NC2=NCCCC2)c(Br)cc1Br. The van der Waals surface area contributed by atoms with Crippen LogP contribution in [0.25, 0.3) is 0 Å². The lowest BCUT2D eigenvalue weighted by atomic mass is 10.2. The number of hydrogen-bond acceptors (Lipinski definition) is 3. The van der Waals surface area contributed by atoms with Gasteiger partial charge in [0.2, 0.25) is 0 Å². The third kappa shape index (κ3) is 3.22. The zero-order valence-electron chi connectivity index (χ0n) is 9.59. The molecule has 0 radical (unpaired) electrons. The maximum absolute atomic E-state index is 5.28. The van der Waals surface area contributed by atoms with E-state index in [4.69, 9.17) is 4.74 Å². The minimum Gasteiger partial charge on any atom is -0.495 e. The molecule has 17 heavy (non-hydrogen) atoms. The first-order valence-corrected chi connectivity index (χ1v) is 7.12.